The fourth-order valence-electron chi connectivity index (χ4n) is 1.87. The van der Waals surface area contributed by atoms with E-state index in [1.165, 1.54) is 16.3 Å². The molecule has 0 radical (unpaired) electrons. The Morgan fingerprint density at radius 3 is 2.75 bits per heavy atom. The standard InChI is InChI=1S/C14H9BrN2O2S/c15-9-3-1-4-10(7-9)17-14(19)12(13(18)16-17)8-11-5-2-6-20-11/h1-8H,(H,16,18)/b12-8-. The summed E-state index contributed by atoms with van der Waals surface area (Å²) in [7, 11) is 0. The molecule has 0 atom stereocenters. The van der Waals surface area contributed by atoms with Crippen molar-refractivity contribution in [1.29, 1.82) is 0 Å². The smallest absolute Gasteiger partial charge is 0.267 e. The highest BCUT2D eigenvalue weighted by molar-refractivity contribution is 9.10. The van der Waals surface area contributed by atoms with Gasteiger partial charge in [-0.2, -0.15) is 0 Å². The zero-order chi connectivity index (χ0) is 14.1. The van der Waals surface area contributed by atoms with Crippen LogP contribution >= 0.6 is 27.3 Å². The third-order valence-corrected chi connectivity index (χ3v) is 4.10. The molecule has 1 aromatic carbocycles. The van der Waals surface area contributed by atoms with Crippen LogP contribution in [0.2, 0.25) is 0 Å². The number of hydrazine groups is 1. The number of anilines is 1. The molecule has 2 amide bonds. The largest absolute Gasteiger partial charge is 0.282 e. The molecule has 1 fully saturated rings. The monoisotopic (exact) mass is 348 g/mol. The molecule has 2 aromatic rings. The van der Waals surface area contributed by atoms with Crippen molar-refractivity contribution in [3.05, 3.63) is 56.7 Å². The molecule has 0 bridgehead atoms. The number of rotatable bonds is 2. The maximum atomic E-state index is 12.3. The zero-order valence-electron chi connectivity index (χ0n) is 10.2. The van der Waals surface area contributed by atoms with Crippen molar-refractivity contribution in [1.82, 2.24) is 5.43 Å². The number of nitrogens with zero attached hydrogens (tertiary/aromatic N) is 1. The van der Waals surface area contributed by atoms with Crippen LogP contribution in [0.15, 0.2) is 51.8 Å². The van der Waals surface area contributed by atoms with Crippen molar-refractivity contribution >= 4 is 50.8 Å². The van der Waals surface area contributed by atoms with E-state index in [-0.39, 0.29) is 17.4 Å². The number of benzene rings is 1. The quantitative estimate of drug-likeness (QED) is 0.669. The Morgan fingerprint density at radius 1 is 1.20 bits per heavy atom. The van der Waals surface area contributed by atoms with Gasteiger partial charge in [-0.15, -0.1) is 11.3 Å². The molecular formula is C14H9BrN2O2S. The Bertz CT molecular complexity index is 710. The van der Waals surface area contributed by atoms with Gasteiger partial charge in [0.15, 0.2) is 0 Å². The molecule has 0 aliphatic carbocycles. The summed E-state index contributed by atoms with van der Waals surface area (Å²) in [6.07, 6.45) is 1.61. The van der Waals surface area contributed by atoms with Crippen molar-refractivity contribution in [2.45, 2.75) is 0 Å². The SMILES string of the molecule is O=C1NN(c2cccc(Br)c2)C(=O)/C1=C\c1cccs1. The number of nitrogens with one attached hydrogen (secondary N) is 1. The van der Waals surface area contributed by atoms with Crippen LogP contribution in [0.5, 0.6) is 0 Å². The third-order valence-electron chi connectivity index (χ3n) is 2.79. The van der Waals surface area contributed by atoms with Crippen molar-refractivity contribution < 1.29 is 9.59 Å². The summed E-state index contributed by atoms with van der Waals surface area (Å²) in [5, 5.41) is 3.16. The Kier molecular flexibility index (Phi) is 3.42. The lowest BCUT2D eigenvalue weighted by Gasteiger charge is -2.14. The van der Waals surface area contributed by atoms with Crippen molar-refractivity contribution in [2.75, 3.05) is 5.01 Å². The number of halogens is 1. The Labute approximate surface area is 127 Å². The highest BCUT2D eigenvalue weighted by Crippen LogP contribution is 2.24. The molecule has 1 saturated heterocycles. The lowest BCUT2D eigenvalue weighted by atomic mass is 10.2. The molecule has 0 unspecified atom stereocenters. The first-order chi connectivity index (χ1) is 9.65. The predicted molar refractivity (Wildman–Crippen MR) is 82.1 cm³/mol. The second-order valence-corrected chi connectivity index (χ2v) is 6.03. The lowest BCUT2D eigenvalue weighted by Crippen LogP contribution is -2.35. The molecule has 1 aliphatic heterocycles. The number of amides is 2. The molecule has 20 heavy (non-hydrogen) atoms. The Hall–Kier alpha value is -1.92. The number of hydrogen-bond donors (Lipinski definition) is 1. The van der Waals surface area contributed by atoms with E-state index < -0.39 is 0 Å². The molecular weight excluding hydrogens is 340 g/mol. The number of carbonyl (C=O) groups excluding carboxylic acids is 2. The second kappa shape index (κ2) is 5.22. The van der Waals surface area contributed by atoms with E-state index in [0.717, 1.165) is 9.35 Å². The van der Waals surface area contributed by atoms with Crippen LogP contribution in [0, 0.1) is 0 Å². The van der Waals surface area contributed by atoms with Gasteiger partial charge in [0.25, 0.3) is 11.8 Å². The van der Waals surface area contributed by atoms with Crippen LogP contribution < -0.4 is 10.4 Å². The second-order valence-electron chi connectivity index (χ2n) is 4.13. The van der Waals surface area contributed by atoms with Crippen molar-refractivity contribution in [2.24, 2.45) is 0 Å². The van der Waals surface area contributed by atoms with Gasteiger partial charge in [-0.25, -0.2) is 5.01 Å². The van der Waals surface area contributed by atoms with E-state index >= 15 is 0 Å². The highest BCUT2D eigenvalue weighted by Gasteiger charge is 2.34. The van der Waals surface area contributed by atoms with Gasteiger partial charge in [-0.1, -0.05) is 28.1 Å². The molecule has 1 aliphatic rings. The fraction of sp³-hybridized carbons (Fsp3) is 0. The number of hydrogen-bond acceptors (Lipinski definition) is 3. The predicted octanol–water partition coefficient (Wildman–Crippen LogP) is 2.97. The molecule has 100 valence electrons. The summed E-state index contributed by atoms with van der Waals surface area (Å²) in [4.78, 5) is 25.1. The minimum absolute atomic E-state index is 0.146. The first kappa shape index (κ1) is 13.1. The molecule has 1 aromatic heterocycles. The minimum atomic E-state index is -0.386. The summed E-state index contributed by atoms with van der Waals surface area (Å²) >= 11 is 4.82. The van der Waals surface area contributed by atoms with Crippen molar-refractivity contribution in [3.63, 3.8) is 0 Å². The molecule has 3 rings (SSSR count). The first-order valence-electron chi connectivity index (χ1n) is 5.81. The number of thiophene rings is 1. The van der Waals surface area contributed by atoms with E-state index in [1.807, 2.05) is 23.6 Å². The summed E-state index contributed by atoms with van der Waals surface area (Å²) in [5.41, 5.74) is 3.33. The van der Waals surface area contributed by atoms with E-state index in [4.69, 9.17) is 0 Å². The van der Waals surface area contributed by atoms with Crippen LogP contribution in [0.1, 0.15) is 4.88 Å². The topological polar surface area (TPSA) is 49.4 Å². The summed E-state index contributed by atoms with van der Waals surface area (Å²) in [6.45, 7) is 0. The molecule has 0 saturated carbocycles. The van der Waals surface area contributed by atoms with Gasteiger partial charge >= 0.3 is 0 Å². The van der Waals surface area contributed by atoms with Gasteiger partial charge in [0, 0.05) is 9.35 Å². The van der Waals surface area contributed by atoms with Gasteiger partial charge in [0.05, 0.1) is 5.69 Å². The van der Waals surface area contributed by atoms with E-state index in [1.54, 1.807) is 24.3 Å². The van der Waals surface area contributed by atoms with E-state index in [2.05, 4.69) is 21.4 Å². The zero-order valence-corrected chi connectivity index (χ0v) is 12.6. The van der Waals surface area contributed by atoms with Crippen LogP contribution in [0.25, 0.3) is 6.08 Å². The van der Waals surface area contributed by atoms with Gasteiger partial charge in [0.1, 0.15) is 5.57 Å². The first-order valence-corrected chi connectivity index (χ1v) is 7.48. The average Bonchev–Trinajstić information content (AvgIpc) is 3.02. The van der Waals surface area contributed by atoms with E-state index in [0.29, 0.717) is 5.69 Å². The average molecular weight is 349 g/mol. The molecule has 6 heteroatoms. The van der Waals surface area contributed by atoms with Gasteiger partial charge < -0.3 is 0 Å². The minimum Gasteiger partial charge on any atom is -0.267 e. The highest BCUT2D eigenvalue weighted by atomic mass is 79.9. The maximum absolute atomic E-state index is 12.3. The van der Waals surface area contributed by atoms with Crippen LogP contribution in [0.4, 0.5) is 5.69 Å². The molecule has 0 spiro atoms. The van der Waals surface area contributed by atoms with E-state index in [9.17, 15) is 9.59 Å². The van der Waals surface area contributed by atoms with Crippen LogP contribution in [-0.4, -0.2) is 11.8 Å². The summed E-state index contributed by atoms with van der Waals surface area (Å²) in [6, 6.07) is 10.9. The Balaban J connectivity index is 1.95. The lowest BCUT2D eigenvalue weighted by molar-refractivity contribution is -0.117. The maximum Gasteiger partial charge on any atom is 0.282 e. The fourth-order valence-corrected chi connectivity index (χ4v) is 2.91. The molecule has 4 nitrogen and oxygen atoms in total. The van der Waals surface area contributed by atoms with Gasteiger partial charge in [-0.05, 0) is 35.7 Å². The van der Waals surface area contributed by atoms with Crippen molar-refractivity contribution in [3.8, 4) is 0 Å². The van der Waals surface area contributed by atoms with Gasteiger partial charge in [-0.3, -0.25) is 15.0 Å². The summed E-state index contributed by atoms with van der Waals surface area (Å²) in [5.74, 6) is -0.732. The number of carbonyl (C=O) groups is 2. The Morgan fingerprint density at radius 2 is 2.05 bits per heavy atom. The van der Waals surface area contributed by atoms with Gasteiger partial charge in [0.2, 0.25) is 0 Å². The third kappa shape index (κ3) is 2.39. The molecule has 2 heterocycles. The normalized spacial score (nSPS) is 16.9. The van der Waals surface area contributed by atoms with Crippen LogP contribution in [0.3, 0.4) is 0 Å². The van der Waals surface area contributed by atoms with Crippen LogP contribution in [-0.2, 0) is 9.59 Å². The summed E-state index contributed by atoms with van der Waals surface area (Å²) < 4.78 is 0.840. The molecule has 1 N–H and O–H groups in total.